The highest BCUT2D eigenvalue weighted by atomic mass is 13.6. The van der Waals surface area contributed by atoms with Crippen LogP contribution < -0.4 is 0 Å². The van der Waals surface area contributed by atoms with Crippen LogP contribution in [0.5, 0.6) is 0 Å². The molecule has 0 atom stereocenters. The van der Waals surface area contributed by atoms with Crippen molar-refractivity contribution in [2.45, 2.75) is 39.7 Å². The van der Waals surface area contributed by atoms with Gasteiger partial charge in [-0.05, 0) is 0 Å². The van der Waals surface area contributed by atoms with E-state index in [1.54, 1.807) is 0 Å². The second-order valence-electron chi connectivity index (χ2n) is 2.22. The minimum absolute atomic E-state index is 0.875. The van der Waals surface area contributed by atoms with E-state index < -0.39 is 0 Å². The maximum atomic E-state index is 2.40. The smallest absolute Gasteiger partial charge is 0.0907 e. The van der Waals surface area contributed by atoms with Gasteiger partial charge in [0.2, 0.25) is 0 Å². The molecular weight excluding hydrogens is 93.7 g/mol. The molecule has 0 N–H and O–H groups in total. The first-order valence-corrected chi connectivity index (χ1v) is 3.68. The van der Waals surface area contributed by atoms with Crippen LogP contribution in [-0.4, -0.2) is 13.8 Å². The van der Waals surface area contributed by atoms with Crippen LogP contribution in [-0.2, 0) is 0 Å². The zero-order chi connectivity index (χ0) is 6.41. The standard InChI is InChI=1S/C6H15B2/c1-4-7-8(5-2)6-3/h4-6H2,1-3H3. The molecule has 0 saturated heterocycles. The highest BCUT2D eigenvalue weighted by Crippen LogP contribution is 1.96. The molecule has 0 rings (SSSR count). The molecule has 0 spiro atoms. The summed E-state index contributed by atoms with van der Waals surface area (Å²) in [6, 6.07) is 0. The summed E-state index contributed by atoms with van der Waals surface area (Å²) in [5.74, 6) is 0. The van der Waals surface area contributed by atoms with Gasteiger partial charge in [0.15, 0.2) is 0 Å². The average molecular weight is 109 g/mol. The van der Waals surface area contributed by atoms with Crippen LogP contribution in [0, 0.1) is 0 Å². The SMILES string of the molecule is CC[B]B(CC)CC. The predicted octanol–water partition coefficient (Wildman–Crippen LogP) is 2.16. The Labute approximate surface area is 54.4 Å². The molecule has 8 heavy (non-hydrogen) atoms. The van der Waals surface area contributed by atoms with Gasteiger partial charge in [0.1, 0.15) is 0 Å². The fourth-order valence-electron chi connectivity index (χ4n) is 0.955. The molecule has 0 bridgehead atoms. The van der Waals surface area contributed by atoms with E-state index in [1.165, 1.54) is 19.0 Å². The van der Waals surface area contributed by atoms with Gasteiger partial charge >= 0.3 is 0 Å². The quantitative estimate of drug-likeness (QED) is 0.485. The van der Waals surface area contributed by atoms with Crippen molar-refractivity contribution >= 4 is 13.8 Å². The summed E-state index contributed by atoms with van der Waals surface area (Å²) in [7, 11) is 2.40. The Morgan fingerprint density at radius 1 is 1.12 bits per heavy atom. The lowest BCUT2D eigenvalue weighted by Gasteiger charge is -2.02. The van der Waals surface area contributed by atoms with E-state index in [-0.39, 0.29) is 0 Å². The maximum absolute atomic E-state index is 2.40. The van der Waals surface area contributed by atoms with E-state index >= 15 is 0 Å². The van der Waals surface area contributed by atoms with Crippen LogP contribution in [0.3, 0.4) is 0 Å². The lowest BCUT2D eigenvalue weighted by atomic mass is 9.19. The third-order valence-electron chi connectivity index (χ3n) is 1.62. The molecule has 0 heterocycles. The molecule has 2 heteroatoms. The van der Waals surface area contributed by atoms with Gasteiger partial charge in [-0.1, -0.05) is 39.7 Å². The number of rotatable bonds is 4. The van der Waals surface area contributed by atoms with E-state index in [0.717, 1.165) is 6.60 Å². The van der Waals surface area contributed by atoms with E-state index in [2.05, 4.69) is 27.9 Å². The monoisotopic (exact) mass is 109 g/mol. The van der Waals surface area contributed by atoms with Crippen molar-refractivity contribution in [2.75, 3.05) is 0 Å². The van der Waals surface area contributed by atoms with Crippen molar-refractivity contribution in [1.29, 1.82) is 0 Å². The van der Waals surface area contributed by atoms with Crippen LogP contribution in [0.4, 0.5) is 0 Å². The van der Waals surface area contributed by atoms with Gasteiger partial charge in [-0.15, -0.1) is 0 Å². The maximum Gasteiger partial charge on any atom is 0.0997 e. The topological polar surface area (TPSA) is 0 Å². The molecule has 0 aromatic rings. The van der Waals surface area contributed by atoms with Gasteiger partial charge < -0.3 is 0 Å². The first kappa shape index (κ1) is 8.13. The molecule has 0 unspecified atom stereocenters. The third-order valence-corrected chi connectivity index (χ3v) is 1.62. The Kier molecular flexibility index (Phi) is 5.36. The Hall–Kier alpha value is 0.130. The normalized spacial score (nSPS) is 8.88. The summed E-state index contributed by atoms with van der Waals surface area (Å²) in [5.41, 5.74) is 0. The molecule has 0 saturated carbocycles. The largest absolute Gasteiger partial charge is 0.0997 e. The summed E-state index contributed by atoms with van der Waals surface area (Å²) in [4.78, 5) is 0. The van der Waals surface area contributed by atoms with Gasteiger partial charge in [0, 0.05) is 0 Å². The summed E-state index contributed by atoms with van der Waals surface area (Å²) >= 11 is 0. The Morgan fingerprint density at radius 2 is 1.62 bits per heavy atom. The number of hydrogen-bond acceptors (Lipinski definition) is 0. The lowest BCUT2D eigenvalue weighted by molar-refractivity contribution is 1.34. The minimum Gasteiger partial charge on any atom is -0.0907 e. The van der Waals surface area contributed by atoms with Gasteiger partial charge in [-0.2, -0.15) is 0 Å². The van der Waals surface area contributed by atoms with Crippen LogP contribution in [0.25, 0.3) is 0 Å². The molecule has 0 amide bonds. The fourth-order valence-corrected chi connectivity index (χ4v) is 0.955. The second-order valence-corrected chi connectivity index (χ2v) is 2.22. The van der Waals surface area contributed by atoms with Crippen LogP contribution in [0.2, 0.25) is 19.0 Å². The van der Waals surface area contributed by atoms with Crippen LogP contribution >= 0.6 is 0 Å². The third kappa shape index (κ3) is 3.17. The van der Waals surface area contributed by atoms with Crippen molar-refractivity contribution in [2.24, 2.45) is 0 Å². The van der Waals surface area contributed by atoms with E-state index in [4.69, 9.17) is 0 Å². The Morgan fingerprint density at radius 3 is 1.75 bits per heavy atom. The molecule has 0 aliphatic rings. The molecule has 45 valence electrons. The van der Waals surface area contributed by atoms with Crippen molar-refractivity contribution < 1.29 is 0 Å². The average Bonchev–Trinajstić information content (AvgIpc) is 1.83. The molecule has 0 fully saturated rings. The summed E-state index contributed by atoms with van der Waals surface area (Å²) < 4.78 is 0. The minimum atomic E-state index is 0.875. The van der Waals surface area contributed by atoms with E-state index in [1.807, 2.05) is 0 Å². The molecule has 0 aliphatic carbocycles. The molecule has 0 aromatic carbocycles. The molecular formula is C6H15B2. The van der Waals surface area contributed by atoms with Crippen LogP contribution in [0.1, 0.15) is 20.8 Å². The first-order chi connectivity index (χ1) is 3.85. The molecule has 1 radical (unpaired) electrons. The second kappa shape index (κ2) is 5.27. The van der Waals surface area contributed by atoms with Crippen molar-refractivity contribution in [3.8, 4) is 0 Å². The predicted molar refractivity (Wildman–Crippen MR) is 43.0 cm³/mol. The summed E-state index contributed by atoms with van der Waals surface area (Å²) in [6.45, 7) is 7.58. The van der Waals surface area contributed by atoms with Crippen molar-refractivity contribution in [3.05, 3.63) is 0 Å². The zero-order valence-corrected chi connectivity index (χ0v) is 6.28. The van der Waals surface area contributed by atoms with Gasteiger partial charge in [0.05, 0.1) is 13.8 Å². The van der Waals surface area contributed by atoms with Gasteiger partial charge in [0.25, 0.3) is 0 Å². The number of hydrogen-bond donors (Lipinski definition) is 0. The highest BCUT2D eigenvalue weighted by Gasteiger charge is 2.05. The van der Waals surface area contributed by atoms with Gasteiger partial charge in [-0.3, -0.25) is 0 Å². The van der Waals surface area contributed by atoms with E-state index in [0.29, 0.717) is 0 Å². The van der Waals surface area contributed by atoms with Crippen molar-refractivity contribution in [1.82, 2.24) is 0 Å². The molecule has 0 aliphatic heterocycles. The fraction of sp³-hybridized carbons (Fsp3) is 1.00. The molecule has 0 nitrogen and oxygen atoms in total. The summed E-state index contributed by atoms with van der Waals surface area (Å²) in [6.07, 6.45) is 3.85. The Bertz CT molecular complexity index is 41.8. The first-order valence-electron chi connectivity index (χ1n) is 3.68. The summed E-state index contributed by atoms with van der Waals surface area (Å²) in [5, 5.41) is 0. The zero-order valence-electron chi connectivity index (χ0n) is 6.28. The molecule has 0 aromatic heterocycles. The van der Waals surface area contributed by atoms with Crippen LogP contribution in [0.15, 0.2) is 0 Å². The van der Waals surface area contributed by atoms with Gasteiger partial charge in [-0.25, -0.2) is 0 Å². The lowest BCUT2D eigenvalue weighted by Crippen LogP contribution is -2.18. The van der Waals surface area contributed by atoms with Crippen molar-refractivity contribution in [3.63, 3.8) is 0 Å². The van der Waals surface area contributed by atoms with E-state index in [9.17, 15) is 0 Å². The Balaban J connectivity index is 3.07. The highest BCUT2D eigenvalue weighted by molar-refractivity contribution is 7.12.